The first kappa shape index (κ1) is 15.0. The molecule has 3 N–H and O–H groups in total. The molecule has 0 spiro atoms. The summed E-state index contributed by atoms with van der Waals surface area (Å²) in [7, 11) is 0. The van der Waals surface area contributed by atoms with Gasteiger partial charge in [-0.2, -0.15) is 13.2 Å². The number of anilines is 2. The Bertz CT molecular complexity index is 457. The minimum atomic E-state index is -4.40. The lowest BCUT2D eigenvalue weighted by atomic mass is 10.0. The van der Waals surface area contributed by atoms with Crippen LogP contribution in [-0.2, 0) is 6.18 Å². The van der Waals surface area contributed by atoms with E-state index in [0.29, 0.717) is 11.6 Å². The summed E-state index contributed by atoms with van der Waals surface area (Å²) in [6.07, 6.45) is 1.06. The largest absolute Gasteiger partial charge is 0.418 e. The molecule has 1 saturated carbocycles. The first-order valence-corrected chi connectivity index (χ1v) is 7.09. The van der Waals surface area contributed by atoms with E-state index in [-0.39, 0.29) is 11.7 Å². The monoisotopic (exact) mass is 286 g/mol. The van der Waals surface area contributed by atoms with Crippen LogP contribution >= 0.6 is 0 Å². The van der Waals surface area contributed by atoms with Gasteiger partial charge in [-0.15, -0.1) is 0 Å². The molecule has 2 nitrogen and oxygen atoms in total. The van der Waals surface area contributed by atoms with Crippen molar-refractivity contribution in [3.63, 3.8) is 0 Å². The summed E-state index contributed by atoms with van der Waals surface area (Å²) in [5.74, 6) is 0.707. The van der Waals surface area contributed by atoms with Crippen LogP contribution in [0.25, 0.3) is 0 Å². The van der Waals surface area contributed by atoms with Gasteiger partial charge in [0, 0.05) is 17.4 Å². The summed E-state index contributed by atoms with van der Waals surface area (Å²) >= 11 is 0. The van der Waals surface area contributed by atoms with E-state index in [1.807, 2.05) is 0 Å². The number of benzene rings is 1. The lowest BCUT2D eigenvalue weighted by molar-refractivity contribution is -0.136. The van der Waals surface area contributed by atoms with Crippen molar-refractivity contribution in [3.05, 3.63) is 23.8 Å². The summed E-state index contributed by atoms with van der Waals surface area (Å²) in [6, 6.07) is 4.32. The number of nitrogens with two attached hydrogens (primary N) is 1. The van der Waals surface area contributed by atoms with E-state index >= 15 is 0 Å². The van der Waals surface area contributed by atoms with Gasteiger partial charge in [-0.05, 0) is 43.4 Å². The number of hydrogen-bond acceptors (Lipinski definition) is 2. The Morgan fingerprint density at radius 3 is 2.60 bits per heavy atom. The Hall–Kier alpha value is -1.39. The van der Waals surface area contributed by atoms with Crippen molar-refractivity contribution in [2.45, 2.75) is 51.2 Å². The Labute approximate surface area is 117 Å². The van der Waals surface area contributed by atoms with Crippen molar-refractivity contribution in [2.24, 2.45) is 5.92 Å². The first-order valence-electron chi connectivity index (χ1n) is 7.09. The molecule has 1 aromatic rings. The van der Waals surface area contributed by atoms with Crippen molar-refractivity contribution < 1.29 is 13.2 Å². The van der Waals surface area contributed by atoms with Gasteiger partial charge in [0.25, 0.3) is 0 Å². The predicted molar refractivity (Wildman–Crippen MR) is 75.5 cm³/mol. The lowest BCUT2D eigenvalue weighted by Crippen LogP contribution is -2.19. The van der Waals surface area contributed by atoms with Crippen LogP contribution in [-0.4, -0.2) is 6.04 Å². The number of halogens is 3. The van der Waals surface area contributed by atoms with Gasteiger partial charge in [0.2, 0.25) is 0 Å². The van der Waals surface area contributed by atoms with Gasteiger partial charge in [0.1, 0.15) is 0 Å². The average Bonchev–Trinajstić information content (AvgIpc) is 2.55. The molecule has 1 aliphatic carbocycles. The smallest absolute Gasteiger partial charge is 0.398 e. The third-order valence-electron chi connectivity index (χ3n) is 3.99. The van der Waals surface area contributed by atoms with Gasteiger partial charge in [-0.1, -0.05) is 19.8 Å². The fourth-order valence-corrected chi connectivity index (χ4v) is 2.76. The molecule has 2 atom stereocenters. The van der Waals surface area contributed by atoms with Crippen LogP contribution in [0.5, 0.6) is 0 Å². The predicted octanol–water partition coefficient (Wildman–Crippen LogP) is 4.67. The van der Waals surface area contributed by atoms with E-state index in [0.717, 1.165) is 31.7 Å². The number of hydrogen-bond donors (Lipinski definition) is 2. The fraction of sp³-hybridized carbons (Fsp3) is 0.600. The highest BCUT2D eigenvalue weighted by atomic mass is 19.4. The van der Waals surface area contributed by atoms with Gasteiger partial charge in [-0.25, -0.2) is 0 Å². The summed E-state index contributed by atoms with van der Waals surface area (Å²) in [5, 5.41) is 3.23. The molecule has 5 heteroatoms. The van der Waals surface area contributed by atoms with E-state index in [9.17, 15) is 13.2 Å². The molecule has 20 heavy (non-hydrogen) atoms. The molecule has 0 aromatic heterocycles. The van der Waals surface area contributed by atoms with Gasteiger partial charge >= 0.3 is 6.18 Å². The third kappa shape index (κ3) is 3.81. The molecule has 112 valence electrons. The number of nitrogen functional groups attached to an aromatic ring is 1. The highest BCUT2D eigenvalue weighted by molar-refractivity contribution is 5.58. The molecule has 0 bridgehead atoms. The molecule has 0 radical (unpaired) electrons. The van der Waals surface area contributed by atoms with Crippen LogP contribution in [0.4, 0.5) is 24.5 Å². The van der Waals surface area contributed by atoms with Crippen molar-refractivity contribution in [2.75, 3.05) is 11.1 Å². The number of alkyl halides is 3. The second-order valence-corrected chi connectivity index (χ2v) is 5.75. The Morgan fingerprint density at radius 1 is 1.15 bits per heavy atom. The summed E-state index contributed by atoms with van der Waals surface area (Å²) in [5.41, 5.74) is 4.93. The zero-order valence-corrected chi connectivity index (χ0v) is 11.6. The molecule has 0 saturated heterocycles. The summed E-state index contributed by atoms with van der Waals surface area (Å²) < 4.78 is 38.4. The molecular formula is C15H21F3N2. The molecule has 1 fully saturated rings. The molecule has 0 aliphatic heterocycles. The third-order valence-corrected chi connectivity index (χ3v) is 3.99. The zero-order valence-electron chi connectivity index (χ0n) is 11.6. The van der Waals surface area contributed by atoms with Gasteiger partial charge in [-0.3, -0.25) is 0 Å². The summed E-state index contributed by atoms with van der Waals surface area (Å²) in [6.45, 7) is 2.23. The first-order chi connectivity index (χ1) is 9.36. The van der Waals surface area contributed by atoms with Gasteiger partial charge in [0.15, 0.2) is 0 Å². The highest BCUT2D eigenvalue weighted by Gasteiger charge is 2.33. The maximum absolute atomic E-state index is 12.8. The Kier molecular flexibility index (Phi) is 4.45. The van der Waals surface area contributed by atoms with Crippen LogP contribution in [0.1, 0.15) is 44.6 Å². The minimum absolute atomic E-state index is 0.225. The standard InChI is InChI=1S/C15H21F3N2/c1-10-3-2-4-11(6-5-10)20-12-7-8-14(19)13(9-12)15(16,17)18/h7-11,20H,2-6,19H2,1H3. The highest BCUT2D eigenvalue weighted by Crippen LogP contribution is 2.35. The lowest BCUT2D eigenvalue weighted by Gasteiger charge is -2.19. The molecule has 0 amide bonds. The van der Waals surface area contributed by atoms with E-state index in [1.165, 1.54) is 12.5 Å². The van der Waals surface area contributed by atoms with E-state index < -0.39 is 11.7 Å². The number of nitrogens with one attached hydrogen (secondary N) is 1. The topological polar surface area (TPSA) is 38.0 Å². The van der Waals surface area contributed by atoms with Crippen LogP contribution < -0.4 is 11.1 Å². The summed E-state index contributed by atoms with van der Waals surface area (Å²) in [4.78, 5) is 0. The molecular weight excluding hydrogens is 265 g/mol. The van der Waals surface area contributed by atoms with Crippen LogP contribution in [0.15, 0.2) is 18.2 Å². The fourth-order valence-electron chi connectivity index (χ4n) is 2.76. The van der Waals surface area contributed by atoms with Crippen molar-refractivity contribution in [1.29, 1.82) is 0 Å². The van der Waals surface area contributed by atoms with Crippen molar-refractivity contribution in [1.82, 2.24) is 0 Å². The molecule has 2 unspecified atom stereocenters. The van der Waals surface area contributed by atoms with E-state index in [2.05, 4.69) is 12.2 Å². The number of rotatable bonds is 2. The van der Waals surface area contributed by atoms with Crippen LogP contribution in [0.2, 0.25) is 0 Å². The second-order valence-electron chi connectivity index (χ2n) is 5.75. The second kappa shape index (κ2) is 5.94. The Balaban J connectivity index is 2.10. The van der Waals surface area contributed by atoms with Crippen molar-refractivity contribution in [3.8, 4) is 0 Å². The zero-order chi connectivity index (χ0) is 14.8. The van der Waals surface area contributed by atoms with Crippen LogP contribution in [0, 0.1) is 5.92 Å². The van der Waals surface area contributed by atoms with E-state index in [4.69, 9.17) is 5.73 Å². The molecule has 1 aliphatic rings. The SMILES string of the molecule is CC1CCCC(Nc2ccc(N)c(C(F)(F)F)c2)CC1. The van der Waals surface area contributed by atoms with Gasteiger partial charge < -0.3 is 11.1 Å². The quantitative estimate of drug-likeness (QED) is 0.612. The Morgan fingerprint density at radius 2 is 1.90 bits per heavy atom. The average molecular weight is 286 g/mol. The molecule has 0 heterocycles. The van der Waals surface area contributed by atoms with Crippen molar-refractivity contribution >= 4 is 11.4 Å². The van der Waals surface area contributed by atoms with Crippen LogP contribution in [0.3, 0.4) is 0 Å². The van der Waals surface area contributed by atoms with E-state index in [1.54, 1.807) is 6.07 Å². The van der Waals surface area contributed by atoms with Gasteiger partial charge in [0.05, 0.1) is 5.56 Å². The maximum atomic E-state index is 12.8. The molecule has 2 rings (SSSR count). The molecule has 1 aromatic carbocycles. The maximum Gasteiger partial charge on any atom is 0.418 e. The minimum Gasteiger partial charge on any atom is -0.398 e. The normalized spacial score (nSPS) is 24.2.